The molecule has 0 fully saturated rings. The van der Waals surface area contributed by atoms with Crippen molar-refractivity contribution >= 4 is 10.8 Å². The second kappa shape index (κ2) is 6.79. The van der Waals surface area contributed by atoms with Crippen molar-refractivity contribution in [2.45, 2.75) is 0 Å². The van der Waals surface area contributed by atoms with Gasteiger partial charge < -0.3 is 0 Å². The van der Waals surface area contributed by atoms with E-state index in [0.29, 0.717) is 5.69 Å². The van der Waals surface area contributed by atoms with Gasteiger partial charge in [-0.3, -0.25) is 9.78 Å². The minimum atomic E-state index is -0.433. The van der Waals surface area contributed by atoms with Crippen molar-refractivity contribution in [3.05, 3.63) is 101 Å². The van der Waals surface area contributed by atoms with Crippen molar-refractivity contribution in [2.75, 3.05) is 0 Å². The number of aromatic nitrogens is 5. The normalized spacial score (nSPS) is 11.1. The zero-order chi connectivity index (χ0) is 19.8. The molecule has 0 amide bonds. The molecule has 140 valence electrons. The van der Waals surface area contributed by atoms with Gasteiger partial charge in [-0.05, 0) is 41.8 Å². The van der Waals surface area contributed by atoms with E-state index in [1.165, 1.54) is 23.0 Å². The van der Waals surface area contributed by atoms with E-state index in [0.717, 1.165) is 16.5 Å². The van der Waals surface area contributed by atoms with Gasteiger partial charge in [0.1, 0.15) is 11.5 Å². The van der Waals surface area contributed by atoms with Gasteiger partial charge in [-0.15, -0.1) is 0 Å². The van der Waals surface area contributed by atoms with E-state index < -0.39 is 5.82 Å². The molecule has 0 saturated carbocycles. The van der Waals surface area contributed by atoms with Gasteiger partial charge in [0, 0.05) is 30.0 Å². The molecule has 0 atom stereocenters. The first-order chi connectivity index (χ1) is 14.2. The molecule has 7 heteroatoms. The number of para-hydroxylation sites is 1. The van der Waals surface area contributed by atoms with Crippen LogP contribution in [0, 0.1) is 5.82 Å². The smallest absolute Gasteiger partial charge is 0.209 e. The molecule has 6 nitrogen and oxygen atoms in total. The summed E-state index contributed by atoms with van der Waals surface area (Å²) in [4.78, 5) is 16.7. The fourth-order valence-corrected chi connectivity index (χ4v) is 3.24. The molecule has 2 aromatic carbocycles. The van der Waals surface area contributed by atoms with Gasteiger partial charge in [0.05, 0.1) is 17.6 Å². The molecule has 0 aliphatic rings. The monoisotopic (exact) mass is 383 g/mol. The highest BCUT2D eigenvalue weighted by Crippen LogP contribution is 2.21. The predicted octanol–water partition coefficient (Wildman–Crippen LogP) is 3.77. The molecule has 0 unspecified atom stereocenters. The maximum absolute atomic E-state index is 14.3. The second-order valence-corrected chi connectivity index (χ2v) is 6.46. The summed E-state index contributed by atoms with van der Waals surface area (Å²) in [6, 6.07) is 17.1. The molecule has 0 radical (unpaired) electrons. The lowest BCUT2D eigenvalue weighted by molar-refractivity contribution is 0.611. The third kappa shape index (κ3) is 2.98. The van der Waals surface area contributed by atoms with E-state index in [4.69, 9.17) is 0 Å². The Morgan fingerprint density at radius 3 is 2.69 bits per heavy atom. The van der Waals surface area contributed by atoms with Crippen LogP contribution < -0.4 is 5.43 Å². The second-order valence-electron chi connectivity index (χ2n) is 6.46. The molecule has 5 aromatic rings. The molecule has 0 saturated heterocycles. The summed E-state index contributed by atoms with van der Waals surface area (Å²) >= 11 is 0. The third-order valence-electron chi connectivity index (χ3n) is 4.66. The van der Waals surface area contributed by atoms with Crippen LogP contribution in [0.15, 0.2) is 90.2 Å². The van der Waals surface area contributed by atoms with E-state index >= 15 is 0 Å². The van der Waals surface area contributed by atoms with Gasteiger partial charge in [0.2, 0.25) is 5.43 Å². The van der Waals surface area contributed by atoms with Gasteiger partial charge in [-0.2, -0.15) is 10.2 Å². The van der Waals surface area contributed by atoms with Crippen molar-refractivity contribution < 1.29 is 4.39 Å². The fourth-order valence-electron chi connectivity index (χ4n) is 3.24. The van der Waals surface area contributed by atoms with Crippen molar-refractivity contribution in [3.63, 3.8) is 0 Å². The molecular weight excluding hydrogens is 369 g/mol. The summed E-state index contributed by atoms with van der Waals surface area (Å²) in [7, 11) is 0. The average molecular weight is 383 g/mol. The molecule has 0 aliphatic heterocycles. The Hall–Kier alpha value is -4.13. The Bertz CT molecular complexity index is 1410. The number of halogens is 1. The van der Waals surface area contributed by atoms with Crippen LogP contribution in [0.25, 0.3) is 33.5 Å². The molecule has 0 bridgehead atoms. The summed E-state index contributed by atoms with van der Waals surface area (Å²) in [5, 5.41) is 10.7. The Kier molecular flexibility index (Phi) is 3.98. The van der Waals surface area contributed by atoms with Crippen LogP contribution in [0.4, 0.5) is 4.39 Å². The van der Waals surface area contributed by atoms with Crippen molar-refractivity contribution in [3.8, 4) is 22.8 Å². The highest BCUT2D eigenvalue weighted by molar-refractivity contribution is 5.83. The molecule has 3 aromatic heterocycles. The highest BCUT2D eigenvalue weighted by atomic mass is 19.1. The molecule has 29 heavy (non-hydrogen) atoms. The summed E-state index contributed by atoms with van der Waals surface area (Å²) in [5.41, 5.74) is 1.37. The third-order valence-corrected chi connectivity index (χ3v) is 4.66. The lowest BCUT2D eigenvalue weighted by atomic mass is 10.1. The van der Waals surface area contributed by atoms with Crippen LogP contribution in [0.1, 0.15) is 0 Å². The molecule has 0 aliphatic carbocycles. The first kappa shape index (κ1) is 17.0. The van der Waals surface area contributed by atoms with E-state index in [9.17, 15) is 9.18 Å². The quantitative estimate of drug-likeness (QED) is 0.476. The Balaban J connectivity index is 1.66. The zero-order valence-corrected chi connectivity index (χ0v) is 15.1. The minimum absolute atomic E-state index is 0.183. The number of pyridine rings is 1. The fraction of sp³-hybridized carbons (Fsp3) is 0. The number of rotatable bonds is 3. The molecule has 3 heterocycles. The van der Waals surface area contributed by atoms with Gasteiger partial charge in [0.25, 0.3) is 0 Å². The Morgan fingerprint density at radius 1 is 0.897 bits per heavy atom. The predicted molar refractivity (Wildman–Crippen MR) is 108 cm³/mol. The molecule has 0 N–H and O–H groups in total. The highest BCUT2D eigenvalue weighted by Gasteiger charge is 2.15. The first-order valence-corrected chi connectivity index (χ1v) is 8.94. The molecule has 5 rings (SSSR count). The minimum Gasteiger partial charge on any atom is -0.287 e. The van der Waals surface area contributed by atoms with Crippen LogP contribution >= 0.6 is 0 Å². The van der Waals surface area contributed by atoms with Crippen molar-refractivity contribution in [2.24, 2.45) is 0 Å². The van der Waals surface area contributed by atoms with Crippen LogP contribution in [0.5, 0.6) is 0 Å². The van der Waals surface area contributed by atoms with E-state index in [1.807, 2.05) is 24.3 Å². The number of fused-ring (bicyclic) bond motifs is 1. The van der Waals surface area contributed by atoms with Crippen molar-refractivity contribution in [1.29, 1.82) is 0 Å². The van der Waals surface area contributed by atoms with E-state index in [-0.39, 0.29) is 16.8 Å². The van der Waals surface area contributed by atoms with Crippen LogP contribution in [0.3, 0.4) is 0 Å². The number of benzene rings is 2. The topological polar surface area (TPSA) is 65.6 Å². The summed E-state index contributed by atoms with van der Waals surface area (Å²) in [6.07, 6.45) is 6.64. The van der Waals surface area contributed by atoms with E-state index in [1.54, 1.807) is 47.5 Å². The van der Waals surface area contributed by atoms with Gasteiger partial charge in [0.15, 0.2) is 5.69 Å². The maximum atomic E-state index is 14.3. The zero-order valence-electron chi connectivity index (χ0n) is 15.1. The largest absolute Gasteiger partial charge is 0.287 e. The van der Waals surface area contributed by atoms with Gasteiger partial charge >= 0.3 is 0 Å². The number of hydrogen-bond donors (Lipinski definition) is 0. The van der Waals surface area contributed by atoms with E-state index in [2.05, 4.69) is 15.2 Å². The van der Waals surface area contributed by atoms with Crippen LogP contribution in [-0.4, -0.2) is 24.5 Å². The molecule has 0 spiro atoms. The van der Waals surface area contributed by atoms with Gasteiger partial charge in [-0.1, -0.05) is 18.2 Å². The van der Waals surface area contributed by atoms with Crippen molar-refractivity contribution in [1.82, 2.24) is 24.5 Å². The Morgan fingerprint density at radius 2 is 1.79 bits per heavy atom. The van der Waals surface area contributed by atoms with Gasteiger partial charge in [-0.25, -0.2) is 13.8 Å². The first-order valence-electron chi connectivity index (χ1n) is 8.94. The standard InChI is InChI=1S/C22H14FN5O/c23-18-3-1-2-4-19(18)28-20(8-11-25-28)22-21(29)9-12-27(26-22)17-6-5-16-14-24-10-7-15(16)13-17/h1-14H. The van der Waals surface area contributed by atoms with Crippen LogP contribution in [-0.2, 0) is 0 Å². The summed E-state index contributed by atoms with van der Waals surface area (Å²) in [5.74, 6) is -0.433. The summed E-state index contributed by atoms with van der Waals surface area (Å²) < 4.78 is 17.3. The lowest BCUT2D eigenvalue weighted by Gasteiger charge is -2.10. The molecular formula is C22H14FN5O. The lowest BCUT2D eigenvalue weighted by Crippen LogP contribution is -2.15. The number of nitrogens with zero attached hydrogens (tertiary/aromatic N) is 5. The van der Waals surface area contributed by atoms with Crippen LogP contribution in [0.2, 0.25) is 0 Å². The summed E-state index contributed by atoms with van der Waals surface area (Å²) in [6.45, 7) is 0. The maximum Gasteiger partial charge on any atom is 0.209 e. The SMILES string of the molecule is O=c1ccn(-c2ccc3cnccc3c2)nc1-c1ccnn1-c1ccccc1F. The average Bonchev–Trinajstić information content (AvgIpc) is 3.23. The Labute approximate surface area is 164 Å². The number of hydrogen-bond acceptors (Lipinski definition) is 4.